The van der Waals surface area contributed by atoms with Crippen LogP contribution in [-0.2, 0) is 0 Å². The topological polar surface area (TPSA) is 49.3 Å². The van der Waals surface area contributed by atoms with E-state index in [0.717, 1.165) is 21.8 Å². The Morgan fingerprint density at radius 2 is 1.38 bits per heavy atom. The summed E-state index contributed by atoms with van der Waals surface area (Å²) in [6.07, 6.45) is 0. The molecule has 4 rings (SSSR count). The van der Waals surface area contributed by atoms with Crippen LogP contribution in [0.2, 0.25) is 0 Å². The van der Waals surface area contributed by atoms with Crippen molar-refractivity contribution >= 4 is 33.1 Å². The Labute approximate surface area is 139 Å². The van der Waals surface area contributed by atoms with Crippen LogP contribution in [0.1, 0.15) is 10.4 Å². The quantitative estimate of drug-likeness (QED) is 0.550. The highest BCUT2D eigenvalue weighted by molar-refractivity contribution is 6.16. The first kappa shape index (κ1) is 14.3. The first-order valence-electron chi connectivity index (χ1n) is 7.74. The second-order valence-electron chi connectivity index (χ2n) is 5.66. The molecule has 0 aliphatic rings. The zero-order valence-electron chi connectivity index (χ0n) is 12.9. The van der Waals surface area contributed by atoms with Gasteiger partial charge in [-0.2, -0.15) is 0 Å². The van der Waals surface area contributed by atoms with Gasteiger partial charge < -0.3 is 10.4 Å². The summed E-state index contributed by atoms with van der Waals surface area (Å²) in [6.45, 7) is 0. The van der Waals surface area contributed by atoms with E-state index in [2.05, 4.69) is 5.32 Å². The van der Waals surface area contributed by atoms with E-state index >= 15 is 0 Å². The molecule has 0 radical (unpaired) electrons. The van der Waals surface area contributed by atoms with Crippen LogP contribution in [0.25, 0.3) is 21.5 Å². The fourth-order valence-corrected chi connectivity index (χ4v) is 3.01. The van der Waals surface area contributed by atoms with E-state index < -0.39 is 0 Å². The number of anilines is 1. The van der Waals surface area contributed by atoms with Crippen molar-refractivity contribution in [1.29, 1.82) is 0 Å². The monoisotopic (exact) mass is 313 g/mol. The number of carbonyl (C=O) groups is 1. The third kappa shape index (κ3) is 2.36. The number of phenolic OH excluding ortho intramolecular Hbond substituents is 1. The van der Waals surface area contributed by atoms with Gasteiger partial charge in [0.05, 0.1) is 0 Å². The molecule has 0 saturated heterocycles. The number of rotatable bonds is 2. The van der Waals surface area contributed by atoms with E-state index in [-0.39, 0.29) is 11.7 Å². The maximum atomic E-state index is 12.8. The predicted octanol–water partition coefficient (Wildman–Crippen LogP) is 4.95. The van der Waals surface area contributed by atoms with Gasteiger partial charge in [0.25, 0.3) is 5.91 Å². The molecular weight excluding hydrogens is 298 g/mol. The van der Waals surface area contributed by atoms with Gasteiger partial charge in [0.2, 0.25) is 0 Å². The van der Waals surface area contributed by atoms with E-state index in [0.29, 0.717) is 10.9 Å². The van der Waals surface area contributed by atoms with E-state index in [4.69, 9.17) is 0 Å². The molecule has 3 heteroatoms. The highest BCUT2D eigenvalue weighted by atomic mass is 16.3. The Morgan fingerprint density at radius 3 is 2.21 bits per heavy atom. The van der Waals surface area contributed by atoms with E-state index in [1.54, 1.807) is 18.2 Å². The molecule has 3 nitrogen and oxygen atoms in total. The Balaban J connectivity index is 1.79. The summed E-state index contributed by atoms with van der Waals surface area (Å²) >= 11 is 0. The molecule has 0 saturated carbocycles. The maximum Gasteiger partial charge on any atom is 0.256 e. The zero-order chi connectivity index (χ0) is 16.5. The van der Waals surface area contributed by atoms with Crippen molar-refractivity contribution < 1.29 is 9.90 Å². The molecule has 0 aliphatic heterocycles. The number of benzene rings is 4. The van der Waals surface area contributed by atoms with Gasteiger partial charge in [0.1, 0.15) is 5.75 Å². The van der Waals surface area contributed by atoms with E-state index in [9.17, 15) is 9.90 Å². The number of hydrogen-bond acceptors (Lipinski definition) is 2. The minimum atomic E-state index is -0.192. The third-order valence-corrected chi connectivity index (χ3v) is 4.18. The van der Waals surface area contributed by atoms with Crippen molar-refractivity contribution in [3.63, 3.8) is 0 Å². The van der Waals surface area contributed by atoms with Gasteiger partial charge in [-0.3, -0.25) is 4.79 Å². The lowest BCUT2D eigenvalue weighted by molar-refractivity contribution is 0.102. The van der Waals surface area contributed by atoms with Gasteiger partial charge in [-0.15, -0.1) is 0 Å². The normalized spacial score (nSPS) is 10.8. The van der Waals surface area contributed by atoms with Gasteiger partial charge >= 0.3 is 0 Å². The molecule has 0 aliphatic carbocycles. The maximum absolute atomic E-state index is 12.8. The van der Waals surface area contributed by atoms with Crippen molar-refractivity contribution in [2.45, 2.75) is 0 Å². The van der Waals surface area contributed by atoms with Crippen LogP contribution >= 0.6 is 0 Å². The standard InChI is InChI=1S/C21H15NO2/c23-20-13-12-18(16-9-3-4-10-17(16)20)21(24)22-19-11-5-7-14-6-1-2-8-15(14)19/h1-13,23H,(H,22,24). The van der Waals surface area contributed by atoms with Crippen LogP contribution in [0.5, 0.6) is 5.75 Å². The molecule has 0 heterocycles. The van der Waals surface area contributed by atoms with E-state index in [1.807, 2.05) is 60.7 Å². The molecule has 0 spiro atoms. The van der Waals surface area contributed by atoms with Crippen LogP contribution in [0.3, 0.4) is 0 Å². The highest BCUT2D eigenvalue weighted by Gasteiger charge is 2.13. The molecular formula is C21H15NO2. The van der Waals surface area contributed by atoms with Gasteiger partial charge in [0, 0.05) is 22.0 Å². The smallest absolute Gasteiger partial charge is 0.256 e. The first-order chi connectivity index (χ1) is 11.7. The summed E-state index contributed by atoms with van der Waals surface area (Å²) in [5, 5.41) is 16.4. The minimum absolute atomic E-state index is 0.173. The summed E-state index contributed by atoms with van der Waals surface area (Å²) in [5.74, 6) is -0.0186. The predicted molar refractivity (Wildman–Crippen MR) is 97.5 cm³/mol. The summed E-state index contributed by atoms with van der Waals surface area (Å²) in [4.78, 5) is 12.8. The molecule has 2 N–H and O–H groups in total. The number of hydrogen-bond donors (Lipinski definition) is 2. The Bertz CT molecular complexity index is 1060. The van der Waals surface area contributed by atoms with Gasteiger partial charge in [-0.25, -0.2) is 0 Å². The molecule has 24 heavy (non-hydrogen) atoms. The lowest BCUT2D eigenvalue weighted by Gasteiger charge is -2.11. The van der Waals surface area contributed by atoms with Crippen molar-refractivity contribution in [2.75, 3.05) is 5.32 Å². The summed E-state index contributed by atoms with van der Waals surface area (Å²) in [6, 6.07) is 24.3. The molecule has 4 aromatic carbocycles. The number of phenols is 1. The van der Waals surface area contributed by atoms with Crippen molar-refractivity contribution in [1.82, 2.24) is 0 Å². The molecule has 116 valence electrons. The van der Waals surface area contributed by atoms with Gasteiger partial charge in [-0.05, 0) is 29.0 Å². The number of aromatic hydroxyl groups is 1. The lowest BCUT2D eigenvalue weighted by atomic mass is 10.0. The Morgan fingerprint density at radius 1 is 0.708 bits per heavy atom. The van der Waals surface area contributed by atoms with Crippen molar-refractivity contribution in [3.8, 4) is 5.75 Å². The van der Waals surface area contributed by atoms with E-state index in [1.165, 1.54) is 0 Å². The Hall–Kier alpha value is -3.33. The third-order valence-electron chi connectivity index (χ3n) is 4.18. The van der Waals surface area contributed by atoms with Gasteiger partial charge in [0.15, 0.2) is 0 Å². The lowest BCUT2D eigenvalue weighted by Crippen LogP contribution is -2.12. The second kappa shape index (κ2) is 5.70. The molecule has 0 bridgehead atoms. The number of amides is 1. The summed E-state index contributed by atoms with van der Waals surface area (Å²) in [5.41, 5.74) is 1.31. The average Bonchev–Trinajstić information content (AvgIpc) is 2.62. The van der Waals surface area contributed by atoms with Gasteiger partial charge in [-0.1, -0.05) is 60.7 Å². The molecule has 1 amide bonds. The summed E-state index contributed by atoms with van der Waals surface area (Å²) in [7, 11) is 0. The second-order valence-corrected chi connectivity index (χ2v) is 5.66. The first-order valence-corrected chi connectivity index (χ1v) is 7.74. The molecule has 0 unspecified atom stereocenters. The SMILES string of the molecule is O=C(Nc1cccc2ccccc12)c1ccc(O)c2ccccc12. The largest absolute Gasteiger partial charge is 0.507 e. The molecule has 0 aromatic heterocycles. The molecule has 4 aromatic rings. The zero-order valence-corrected chi connectivity index (χ0v) is 12.9. The Kier molecular flexibility index (Phi) is 3.39. The molecule has 0 atom stereocenters. The summed E-state index contributed by atoms with van der Waals surface area (Å²) < 4.78 is 0. The average molecular weight is 313 g/mol. The van der Waals surface area contributed by atoms with Crippen molar-refractivity contribution in [2.24, 2.45) is 0 Å². The highest BCUT2D eigenvalue weighted by Crippen LogP contribution is 2.29. The minimum Gasteiger partial charge on any atom is -0.507 e. The van der Waals surface area contributed by atoms with Crippen molar-refractivity contribution in [3.05, 3.63) is 84.4 Å². The fourth-order valence-electron chi connectivity index (χ4n) is 3.01. The van der Waals surface area contributed by atoms with Crippen LogP contribution in [0.4, 0.5) is 5.69 Å². The van der Waals surface area contributed by atoms with Crippen LogP contribution in [0.15, 0.2) is 78.9 Å². The molecule has 0 fully saturated rings. The number of carbonyl (C=O) groups excluding carboxylic acids is 1. The fraction of sp³-hybridized carbons (Fsp3) is 0. The number of nitrogens with one attached hydrogen (secondary N) is 1. The van der Waals surface area contributed by atoms with Crippen LogP contribution < -0.4 is 5.32 Å². The van der Waals surface area contributed by atoms with Crippen LogP contribution in [-0.4, -0.2) is 11.0 Å². The number of fused-ring (bicyclic) bond motifs is 2. The van der Waals surface area contributed by atoms with Crippen LogP contribution in [0, 0.1) is 0 Å².